The van der Waals surface area contributed by atoms with Crippen molar-refractivity contribution in [2.75, 3.05) is 0 Å². The van der Waals surface area contributed by atoms with Gasteiger partial charge in [0, 0.05) is 8.95 Å². The number of hydrogen-bond donors (Lipinski definition) is 1. The SMILES string of the molecule is Cl.N[C@@H](c1ccc(Br)c(Br)c1)C(F)(F)C(F)(F)F. The molecule has 1 aromatic rings. The van der Waals surface area contributed by atoms with Crippen LogP contribution in [0.25, 0.3) is 0 Å². The van der Waals surface area contributed by atoms with Crippen LogP contribution in [0.1, 0.15) is 11.6 Å². The molecule has 0 unspecified atom stereocenters. The third-order valence-corrected chi connectivity index (χ3v) is 3.95. The summed E-state index contributed by atoms with van der Waals surface area (Å²) in [6, 6.07) is 1.13. The molecule has 1 nitrogen and oxygen atoms in total. The molecular formula is C9H7Br2ClF5N. The van der Waals surface area contributed by atoms with Gasteiger partial charge in [0.15, 0.2) is 0 Å². The van der Waals surface area contributed by atoms with E-state index >= 15 is 0 Å². The van der Waals surface area contributed by atoms with Crippen molar-refractivity contribution in [3.8, 4) is 0 Å². The third-order valence-electron chi connectivity index (χ3n) is 2.07. The molecule has 0 bridgehead atoms. The van der Waals surface area contributed by atoms with E-state index in [4.69, 9.17) is 5.73 Å². The molecule has 1 aromatic carbocycles. The van der Waals surface area contributed by atoms with Gasteiger partial charge in [0.1, 0.15) is 6.04 Å². The second kappa shape index (κ2) is 6.02. The fourth-order valence-electron chi connectivity index (χ4n) is 1.09. The van der Waals surface area contributed by atoms with Crippen molar-refractivity contribution in [1.82, 2.24) is 0 Å². The Morgan fingerprint density at radius 2 is 1.50 bits per heavy atom. The lowest BCUT2D eigenvalue weighted by atomic mass is 10.0. The van der Waals surface area contributed by atoms with Gasteiger partial charge in [-0.3, -0.25) is 0 Å². The number of nitrogens with two attached hydrogens (primary N) is 1. The molecule has 1 atom stereocenters. The Hall–Kier alpha value is 0.0800. The zero-order chi connectivity index (χ0) is 13.4. The van der Waals surface area contributed by atoms with Crippen molar-refractivity contribution >= 4 is 44.3 Å². The average Bonchev–Trinajstić information content (AvgIpc) is 2.19. The smallest absolute Gasteiger partial charge is 0.319 e. The van der Waals surface area contributed by atoms with Crippen LogP contribution < -0.4 is 5.73 Å². The van der Waals surface area contributed by atoms with Gasteiger partial charge in [0.25, 0.3) is 0 Å². The van der Waals surface area contributed by atoms with Crippen LogP contribution in [-0.2, 0) is 0 Å². The van der Waals surface area contributed by atoms with E-state index in [1.807, 2.05) is 0 Å². The normalized spacial score (nSPS) is 14.0. The molecule has 0 radical (unpaired) electrons. The van der Waals surface area contributed by atoms with Crippen LogP contribution in [0.5, 0.6) is 0 Å². The van der Waals surface area contributed by atoms with Gasteiger partial charge in [-0.2, -0.15) is 22.0 Å². The lowest BCUT2D eigenvalue weighted by Gasteiger charge is -2.26. The van der Waals surface area contributed by atoms with Gasteiger partial charge in [0.2, 0.25) is 0 Å². The Morgan fingerprint density at radius 3 is 1.89 bits per heavy atom. The van der Waals surface area contributed by atoms with Crippen molar-refractivity contribution in [2.45, 2.75) is 18.1 Å². The third kappa shape index (κ3) is 3.55. The summed E-state index contributed by atoms with van der Waals surface area (Å²) in [6.07, 6.45) is -5.67. The molecule has 2 N–H and O–H groups in total. The summed E-state index contributed by atoms with van der Waals surface area (Å²) in [5.41, 5.74) is 4.67. The number of hydrogen-bond acceptors (Lipinski definition) is 1. The first-order valence-electron chi connectivity index (χ1n) is 4.22. The first kappa shape index (κ1) is 18.1. The van der Waals surface area contributed by atoms with Crippen LogP contribution in [0.4, 0.5) is 22.0 Å². The molecule has 0 amide bonds. The topological polar surface area (TPSA) is 26.0 Å². The summed E-state index contributed by atoms with van der Waals surface area (Å²) in [5, 5.41) is 0. The molecule has 0 spiro atoms. The quantitative estimate of drug-likeness (QED) is 0.683. The van der Waals surface area contributed by atoms with E-state index in [0.29, 0.717) is 8.95 Å². The Morgan fingerprint density at radius 1 is 1.00 bits per heavy atom. The summed E-state index contributed by atoms with van der Waals surface area (Å²) in [7, 11) is 0. The van der Waals surface area contributed by atoms with Crippen LogP contribution in [-0.4, -0.2) is 12.1 Å². The molecule has 0 aliphatic heterocycles. The van der Waals surface area contributed by atoms with E-state index in [1.54, 1.807) is 0 Å². The number of halogens is 8. The number of rotatable bonds is 2. The maximum atomic E-state index is 13.0. The van der Waals surface area contributed by atoms with Gasteiger partial charge in [0.05, 0.1) is 0 Å². The van der Waals surface area contributed by atoms with E-state index in [2.05, 4.69) is 31.9 Å². The molecule has 0 aliphatic carbocycles. The number of alkyl halides is 5. The summed E-state index contributed by atoms with van der Waals surface area (Å²) < 4.78 is 63.1. The van der Waals surface area contributed by atoms with E-state index in [9.17, 15) is 22.0 Å². The predicted molar refractivity (Wildman–Crippen MR) is 67.0 cm³/mol. The van der Waals surface area contributed by atoms with E-state index in [0.717, 1.165) is 12.1 Å². The fraction of sp³-hybridized carbons (Fsp3) is 0.333. The highest BCUT2D eigenvalue weighted by molar-refractivity contribution is 9.13. The van der Waals surface area contributed by atoms with Crippen molar-refractivity contribution in [2.24, 2.45) is 5.73 Å². The van der Waals surface area contributed by atoms with Crippen molar-refractivity contribution < 1.29 is 22.0 Å². The minimum Gasteiger partial charge on any atom is -0.319 e. The van der Waals surface area contributed by atoms with Crippen LogP contribution >= 0.6 is 44.3 Å². The van der Waals surface area contributed by atoms with E-state index in [-0.39, 0.29) is 18.0 Å². The highest BCUT2D eigenvalue weighted by atomic mass is 79.9. The van der Waals surface area contributed by atoms with Gasteiger partial charge in [-0.1, -0.05) is 6.07 Å². The van der Waals surface area contributed by atoms with Crippen LogP contribution in [0.3, 0.4) is 0 Å². The molecule has 0 saturated carbocycles. The summed E-state index contributed by atoms with van der Waals surface area (Å²) in [4.78, 5) is 0. The van der Waals surface area contributed by atoms with Crippen molar-refractivity contribution in [3.05, 3.63) is 32.7 Å². The second-order valence-electron chi connectivity index (χ2n) is 3.27. The lowest BCUT2D eigenvalue weighted by molar-refractivity contribution is -0.291. The molecular weight excluding hydrogens is 412 g/mol. The fourth-order valence-corrected chi connectivity index (χ4v) is 1.73. The standard InChI is InChI=1S/C9H6Br2F5N.ClH/c10-5-2-1-4(3-6(5)11)7(17)8(12,13)9(14,15)16;/h1-3,7H,17H2;1H/t7-;/m0./s1. The Balaban J connectivity index is 0.00000289. The van der Waals surface area contributed by atoms with Crippen molar-refractivity contribution in [3.63, 3.8) is 0 Å². The zero-order valence-electron chi connectivity index (χ0n) is 8.44. The summed E-state index contributed by atoms with van der Waals surface area (Å²) >= 11 is 6.07. The molecule has 0 fully saturated rings. The van der Waals surface area contributed by atoms with Gasteiger partial charge in [-0.05, 0) is 49.6 Å². The molecule has 104 valence electrons. The predicted octanol–water partition coefficient (Wildman–Crippen LogP) is 4.83. The average molecular weight is 419 g/mol. The van der Waals surface area contributed by atoms with Crippen molar-refractivity contribution in [1.29, 1.82) is 0 Å². The Labute approximate surface area is 123 Å². The molecule has 0 heterocycles. The molecule has 0 aliphatic rings. The largest absolute Gasteiger partial charge is 0.455 e. The van der Waals surface area contributed by atoms with Gasteiger partial charge < -0.3 is 5.73 Å². The molecule has 18 heavy (non-hydrogen) atoms. The van der Waals surface area contributed by atoms with Crippen LogP contribution in [0.2, 0.25) is 0 Å². The van der Waals surface area contributed by atoms with E-state index in [1.165, 1.54) is 6.07 Å². The highest BCUT2D eigenvalue weighted by Gasteiger charge is 2.61. The van der Waals surface area contributed by atoms with Gasteiger partial charge in [-0.15, -0.1) is 12.4 Å². The Kier molecular flexibility index (Phi) is 6.05. The zero-order valence-corrected chi connectivity index (χ0v) is 12.4. The van der Waals surface area contributed by atoms with Crippen LogP contribution in [0.15, 0.2) is 27.1 Å². The molecule has 0 saturated heterocycles. The molecule has 0 aromatic heterocycles. The minimum atomic E-state index is -5.67. The lowest BCUT2D eigenvalue weighted by Crippen LogP contribution is -2.45. The summed E-state index contributed by atoms with van der Waals surface area (Å²) in [6.45, 7) is 0. The first-order valence-corrected chi connectivity index (χ1v) is 5.81. The monoisotopic (exact) mass is 417 g/mol. The second-order valence-corrected chi connectivity index (χ2v) is 4.98. The summed E-state index contributed by atoms with van der Waals surface area (Å²) in [5.74, 6) is -4.97. The maximum absolute atomic E-state index is 13.0. The first-order chi connectivity index (χ1) is 7.57. The minimum absolute atomic E-state index is 0. The van der Waals surface area contributed by atoms with E-state index < -0.39 is 18.1 Å². The maximum Gasteiger partial charge on any atom is 0.455 e. The Bertz CT molecular complexity index is 424. The van der Waals surface area contributed by atoms with Gasteiger partial charge in [-0.25, -0.2) is 0 Å². The number of benzene rings is 1. The van der Waals surface area contributed by atoms with Crippen LogP contribution in [0, 0.1) is 0 Å². The highest BCUT2D eigenvalue weighted by Crippen LogP contribution is 2.43. The van der Waals surface area contributed by atoms with Gasteiger partial charge >= 0.3 is 12.1 Å². The molecule has 1 rings (SSSR count). The molecule has 9 heteroatoms.